The monoisotopic (exact) mass is 613 g/mol. The molecule has 0 radical (unpaired) electrons. The lowest BCUT2D eigenvalue weighted by Crippen LogP contribution is -2.47. The van der Waals surface area contributed by atoms with Crippen LogP contribution < -0.4 is 10.6 Å². The fourth-order valence-electron chi connectivity index (χ4n) is 7.24. The molecule has 6 rings (SSSR count). The maximum Gasteiger partial charge on any atom is 0.249 e. The Morgan fingerprint density at radius 3 is 2.65 bits per heavy atom. The van der Waals surface area contributed by atoms with Crippen molar-refractivity contribution in [1.29, 1.82) is 0 Å². The molecule has 1 aromatic heterocycles. The third-order valence-corrected chi connectivity index (χ3v) is 10.5. The van der Waals surface area contributed by atoms with E-state index in [1.165, 1.54) is 4.90 Å². The van der Waals surface area contributed by atoms with Gasteiger partial charge in [0, 0.05) is 55.8 Å². The van der Waals surface area contributed by atoms with Crippen LogP contribution in [0.3, 0.4) is 0 Å². The standard InChI is InChI=1S/C31H40FN5O5S/c1-18-26(34-31(43-18)36-11-9-35(10-12-36)13-14-41-2)20-7-8-21(29(33)39)22(15-20)25(19-5-3-4-6-19)30(40)37-16-23(32)28-27(37)24(38)17-42-28/h7-8,15,19,23,25,27-28H,3-6,9-14,16-17H2,1-2H3,(H2,33,39)/t23-,25-,27+,28+/m0/s1. The number of nitrogens with zero attached hydrogens (tertiary/aromatic N) is 4. The number of ketones is 1. The minimum Gasteiger partial charge on any atom is -0.383 e. The van der Waals surface area contributed by atoms with Gasteiger partial charge in [-0.05, 0) is 43.4 Å². The number of amides is 2. The van der Waals surface area contributed by atoms with Crippen molar-refractivity contribution >= 4 is 34.1 Å². The van der Waals surface area contributed by atoms with Crippen LogP contribution in [0.15, 0.2) is 18.2 Å². The molecule has 1 saturated carbocycles. The second-order valence-corrected chi connectivity index (χ2v) is 13.3. The lowest BCUT2D eigenvalue weighted by molar-refractivity contribution is -0.138. The Morgan fingerprint density at radius 1 is 1.21 bits per heavy atom. The van der Waals surface area contributed by atoms with E-state index in [1.807, 2.05) is 19.1 Å². The highest BCUT2D eigenvalue weighted by Gasteiger charge is 2.54. The van der Waals surface area contributed by atoms with Crippen LogP contribution in [0.1, 0.15) is 52.4 Å². The number of primary amides is 1. The zero-order valence-corrected chi connectivity index (χ0v) is 25.6. The molecule has 10 nitrogen and oxygen atoms in total. The fourth-order valence-corrected chi connectivity index (χ4v) is 8.22. The molecule has 1 aromatic carbocycles. The third-order valence-electron chi connectivity index (χ3n) is 9.51. The lowest BCUT2D eigenvalue weighted by atomic mass is 9.80. The topological polar surface area (TPSA) is 118 Å². The van der Waals surface area contributed by atoms with Crippen LogP contribution >= 0.6 is 11.3 Å². The van der Waals surface area contributed by atoms with Crippen molar-refractivity contribution in [2.75, 3.05) is 64.5 Å². The number of carbonyl (C=O) groups is 3. The first-order chi connectivity index (χ1) is 20.8. The SMILES string of the molecule is COCCN1CCN(c2nc(-c3ccc(C(N)=O)c([C@@H](C(=O)N4C[C@H](F)[C@H]5OCC(=O)[C@H]54)C4CCCC4)c3)c(C)s2)CC1. The smallest absolute Gasteiger partial charge is 0.249 e. The van der Waals surface area contributed by atoms with E-state index in [1.54, 1.807) is 24.5 Å². The Hall–Kier alpha value is -2.93. The second-order valence-electron chi connectivity index (χ2n) is 12.1. The van der Waals surface area contributed by atoms with Crippen molar-refractivity contribution in [3.8, 4) is 11.3 Å². The zero-order valence-electron chi connectivity index (χ0n) is 24.8. The summed E-state index contributed by atoms with van der Waals surface area (Å²) in [5.41, 5.74) is 8.28. The number of nitrogens with two attached hydrogens (primary N) is 1. The van der Waals surface area contributed by atoms with E-state index in [4.69, 9.17) is 20.2 Å². The number of thiazole rings is 1. The van der Waals surface area contributed by atoms with Gasteiger partial charge in [-0.15, -0.1) is 11.3 Å². The summed E-state index contributed by atoms with van der Waals surface area (Å²) in [7, 11) is 1.72. The zero-order chi connectivity index (χ0) is 30.2. The van der Waals surface area contributed by atoms with E-state index in [0.29, 0.717) is 12.2 Å². The van der Waals surface area contributed by atoms with Gasteiger partial charge in [0.05, 0.1) is 24.8 Å². The average Bonchev–Trinajstić information content (AvgIpc) is 3.80. The summed E-state index contributed by atoms with van der Waals surface area (Å²) < 4.78 is 25.5. The van der Waals surface area contributed by atoms with Crippen LogP contribution in [-0.4, -0.2) is 110 Å². The fraction of sp³-hybridized carbons (Fsp3) is 0.613. The summed E-state index contributed by atoms with van der Waals surface area (Å²) in [6, 6.07) is 4.48. The van der Waals surface area contributed by atoms with Crippen molar-refractivity contribution in [2.45, 2.75) is 56.8 Å². The van der Waals surface area contributed by atoms with Gasteiger partial charge >= 0.3 is 0 Å². The Balaban J connectivity index is 1.33. The average molecular weight is 614 g/mol. The Morgan fingerprint density at radius 2 is 1.95 bits per heavy atom. The number of hydrogen-bond donors (Lipinski definition) is 1. The van der Waals surface area contributed by atoms with Gasteiger partial charge in [0.25, 0.3) is 0 Å². The largest absolute Gasteiger partial charge is 0.383 e. The third kappa shape index (κ3) is 5.82. The molecule has 0 spiro atoms. The minimum absolute atomic E-state index is 0.0446. The van der Waals surface area contributed by atoms with Crippen LogP contribution in [0.2, 0.25) is 0 Å². The number of aromatic nitrogens is 1. The Kier molecular flexibility index (Phi) is 8.81. The first-order valence-electron chi connectivity index (χ1n) is 15.2. The van der Waals surface area contributed by atoms with Gasteiger partial charge in [-0.2, -0.15) is 0 Å². The number of anilines is 1. The summed E-state index contributed by atoms with van der Waals surface area (Å²) in [6.45, 7) is 6.89. The van der Waals surface area contributed by atoms with Crippen LogP contribution in [0.5, 0.6) is 0 Å². The van der Waals surface area contributed by atoms with E-state index in [9.17, 15) is 18.8 Å². The number of halogens is 1. The number of alkyl halides is 1. The van der Waals surface area contributed by atoms with Crippen molar-refractivity contribution in [3.63, 3.8) is 0 Å². The van der Waals surface area contributed by atoms with Crippen molar-refractivity contribution in [2.24, 2.45) is 11.7 Å². The number of fused-ring (bicyclic) bond motifs is 1. The number of rotatable bonds is 9. The van der Waals surface area contributed by atoms with Gasteiger partial charge < -0.3 is 25.0 Å². The first-order valence-corrected chi connectivity index (χ1v) is 16.0. The molecule has 2 aromatic rings. The molecular weight excluding hydrogens is 573 g/mol. The van der Waals surface area contributed by atoms with Gasteiger partial charge in [-0.3, -0.25) is 19.3 Å². The quantitative estimate of drug-likeness (QED) is 0.459. The molecule has 232 valence electrons. The molecule has 2 amide bonds. The highest BCUT2D eigenvalue weighted by atomic mass is 32.1. The van der Waals surface area contributed by atoms with Crippen LogP contribution in [0.4, 0.5) is 9.52 Å². The van der Waals surface area contributed by atoms with Crippen LogP contribution in [0.25, 0.3) is 11.3 Å². The Labute approximate surface area is 255 Å². The highest BCUT2D eigenvalue weighted by Crippen LogP contribution is 2.43. The molecule has 4 atom stereocenters. The lowest BCUT2D eigenvalue weighted by Gasteiger charge is -2.34. The summed E-state index contributed by atoms with van der Waals surface area (Å²) in [5, 5.41) is 0.944. The predicted octanol–water partition coefficient (Wildman–Crippen LogP) is 2.78. The van der Waals surface area contributed by atoms with Gasteiger partial charge in [-0.25, -0.2) is 9.37 Å². The number of likely N-dealkylation sites (tertiary alicyclic amines) is 1. The minimum atomic E-state index is -1.43. The van der Waals surface area contributed by atoms with E-state index in [2.05, 4.69) is 9.80 Å². The van der Waals surface area contributed by atoms with E-state index < -0.39 is 30.1 Å². The number of methoxy groups -OCH3 is 1. The normalized spacial score (nSPS) is 25.5. The maximum atomic E-state index is 14.9. The molecule has 43 heavy (non-hydrogen) atoms. The number of carbonyl (C=O) groups excluding carboxylic acids is 3. The van der Waals surface area contributed by atoms with Gasteiger partial charge in [0.15, 0.2) is 10.9 Å². The van der Waals surface area contributed by atoms with E-state index in [-0.39, 0.29) is 36.3 Å². The molecule has 3 aliphatic heterocycles. The number of hydrogen-bond acceptors (Lipinski definition) is 9. The van der Waals surface area contributed by atoms with Crippen molar-refractivity contribution in [3.05, 3.63) is 34.2 Å². The van der Waals surface area contributed by atoms with E-state index >= 15 is 0 Å². The summed E-state index contributed by atoms with van der Waals surface area (Å²) in [6.07, 6.45) is 1.19. The molecule has 1 aliphatic carbocycles. The molecule has 0 bridgehead atoms. The summed E-state index contributed by atoms with van der Waals surface area (Å²) in [4.78, 5) is 51.8. The molecule has 12 heteroatoms. The number of piperazine rings is 1. The van der Waals surface area contributed by atoms with Crippen molar-refractivity contribution in [1.82, 2.24) is 14.8 Å². The van der Waals surface area contributed by atoms with E-state index in [0.717, 1.165) is 79.7 Å². The Bertz CT molecular complexity index is 1370. The van der Waals surface area contributed by atoms with Crippen LogP contribution in [0, 0.1) is 12.8 Å². The number of aryl methyl sites for hydroxylation is 1. The number of Topliss-reactive ketones (excluding diaryl/α,β-unsaturated/α-hetero) is 1. The van der Waals surface area contributed by atoms with Crippen LogP contribution in [-0.2, 0) is 19.1 Å². The van der Waals surface area contributed by atoms with Gasteiger partial charge in [0.1, 0.15) is 24.9 Å². The number of ether oxygens (including phenoxy) is 2. The molecule has 3 saturated heterocycles. The van der Waals surface area contributed by atoms with Crippen molar-refractivity contribution < 1.29 is 28.2 Å². The predicted molar refractivity (Wildman–Crippen MR) is 161 cm³/mol. The molecule has 4 aliphatic rings. The first kappa shape index (κ1) is 30.1. The second kappa shape index (κ2) is 12.6. The van der Waals surface area contributed by atoms with Gasteiger partial charge in [0.2, 0.25) is 11.8 Å². The molecular formula is C31H40FN5O5S. The molecule has 2 N–H and O–H groups in total. The molecule has 4 heterocycles. The maximum absolute atomic E-state index is 14.9. The summed E-state index contributed by atoms with van der Waals surface area (Å²) in [5.74, 6) is -2.00. The molecule has 0 unspecified atom stereocenters. The van der Waals surface area contributed by atoms with Gasteiger partial charge in [-0.1, -0.05) is 18.9 Å². The number of benzene rings is 1. The molecule has 4 fully saturated rings. The summed E-state index contributed by atoms with van der Waals surface area (Å²) >= 11 is 1.63. The highest BCUT2D eigenvalue weighted by molar-refractivity contribution is 7.16.